The number of rotatable bonds is 7. The Labute approximate surface area is 83.9 Å². The van der Waals surface area contributed by atoms with E-state index in [-0.39, 0.29) is 18.7 Å². The maximum Gasteiger partial charge on any atom is 0.243 e. The van der Waals surface area contributed by atoms with Crippen LogP contribution in [0.5, 0.6) is 0 Å². The van der Waals surface area contributed by atoms with Gasteiger partial charge in [0.1, 0.15) is 0 Å². The average Bonchev–Trinajstić information content (AvgIpc) is 2.21. The van der Waals surface area contributed by atoms with Gasteiger partial charge >= 0.3 is 0 Å². The summed E-state index contributed by atoms with van der Waals surface area (Å²) in [7, 11) is 0. The van der Waals surface area contributed by atoms with Crippen LogP contribution >= 0.6 is 0 Å². The van der Waals surface area contributed by atoms with Gasteiger partial charge in [-0.15, -0.1) is 0 Å². The highest BCUT2D eigenvalue weighted by molar-refractivity contribution is 5.81. The molecule has 0 rings (SSSR count). The van der Waals surface area contributed by atoms with E-state index in [9.17, 15) is 4.79 Å². The first kappa shape index (κ1) is 12.9. The van der Waals surface area contributed by atoms with Crippen molar-refractivity contribution in [1.29, 1.82) is 5.41 Å². The SMILES string of the molecule is CCCCCOC(=N)CCC(=O)NO. The predicted molar refractivity (Wildman–Crippen MR) is 52.4 cm³/mol. The topological polar surface area (TPSA) is 82.4 Å². The quantitative estimate of drug-likeness (QED) is 0.192. The summed E-state index contributed by atoms with van der Waals surface area (Å²) in [5, 5.41) is 15.5. The summed E-state index contributed by atoms with van der Waals surface area (Å²) in [6.45, 7) is 2.63. The first-order valence-corrected chi connectivity index (χ1v) is 4.83. The molecule has 0 unspecified atom stereocenters. The smallest absolute Gasteiger partial charge is 0.243 e. The zero-order valence-electron chi connectivity index (χ0n) is 8.51. The summed E-state index contributed by atoms with van der Waals surface area (Å²) in [4.78, 5) is 10.6. The van der Waals surface area contributed by atoms with E-state index in [4.69, 9.17) is 15.4 Å². The van der Waals surface area contributed by atoms with Crippen LogP contribution in [0.2, 0.25) is 0 Å². The van der Waals surface area contributed by atoms with Crippen LogP contribution in [0.1, 0.15) is 39.0 Å². The van der Waals surface area contributed by atoms with Crippen LogP contribution in [-0.4, -0.2) is 23.6 Å². The Kier molecular flexibility index (Phi) is 7.83. The number of carbonyl (C=O) groups excluding carboxylic acids is 1. The largest absolute Gasteiger partial charge is 0.481 e. The molecule has 0 aliphatic carbocycles. The molecule has 0 saturated heterocycles. The molecule has 0 heterocycles. The van der Waals surface area contributed by atoms with E-state index in [0.717, 1.165) is 19.3 Å². The molecule has 0 aromatic rings. The molecular weight excluding hydrogens is 184 g/mol. The zero-order valence-corrected chi connectivity index (χ0v) is 8.51. The van der Waals surface area contributed by atoms with Crippen LogP contribution < -0.4 is 5.48 Å². The van der Waals surface area contributed by atoms with E-state index in [1.54, 1.807) is 0 Å². The van der Waals surface area contributed by atoms with E-state index < -0.39 is 5.91 Å². The van der Waals surface area contributed by atoms with Gasteiger partial charge in [0, 0.05) is 12.8 Å². The van der Waals surface area contributed by atoms with E-state index in [0.29, 0.717) is 6.61 Å². The van der Waals surface area contributed by atoms with Crippen molar-refractivity contribution in [3.63, 3.8) is 0 Å². The van der Waals surface area contributed by atoms with Gasteiger partial charge in [0.25, 0.3) is 0 Å². The molecule has 0 atom stereocenters. The molecular formula is C9H18N2O3. The lowest BCUT2D eigenvalue weighted by atomic mass is 10.2. The Morgan fingerprint density at radius 1 is 1.43 bits per heavy atom. The van der Waals surface area contributed by atoms with Gasteiger partial charge in [0.15, 0.2) is 5.90 Å². The van der Waals surface area contributed by atoms with Crippen LogP contribution in [0.4, 0.5) is 0 Å². The van der Waals surface area contributed by atoms with Gasteiger partial charge in [-0.2, -0.15) is 0 Å². The average molecular weight is 202 g/mol. The summed E-state index contributed by atoms with van der Waals surface area (Å²) in [6, 6.07) is 0. The number of unbranched alkanes of at least 4 members (excludes halogenated alkanes) is 2. The summed E-state index contributed by atoms with van der Waals surface area (Å²) in [6.07, 6.45) is 3.46. The maximum atomic E-state index is 10.6. The van der Waals surface area contributed by atoms with Crippen molar-refractivity contribution in [2.45, 2.75) is 39.0 Å². The predicted octanol–water partition coefficient (Wildman–Crippen LogP) is 1.46. The van der Waals surface area contributed by atoms with Crippen LogP contribution in [0, 0.1) is 5.41 Å². The maximum absolute atomic E-state index is 10.6. The molecule has 0 radical (unpaired) electrons. The van der Waals surface area contributed by atoms with Crippen LogP contribution in [0.25, 0.3) is 0 Å². The Morgan fingerprint density at radius 3 is 2.71 bits per heavy atom. The van der Waals surface area contributed by atoms with Gasteiger partial charge in [-0.05, 0) is 6.42 Å². The van der Waals surface area contributed by atoms with Crippen molar-refractivity contribution in [1.82, 2.24) is 5.48 Å². The normalized spacial score (nSPS) is 9.57. The van der Waals surface area contributed by atoms with E-state index >= 15 is 0 Å². The molecule has 0 spiro atoms. The number of nitrogens with one attached hydrogen (secondary N) is 2. The summed E-state index contributed by atoms with van der Waals surface area (Å²) in [5.41, 5.74) is 1.51. The molecule has 0 aliphatic rings. The second-order valence-electron chi connectivity index (χ2n) is 3.01. The van der Waals surface area contributed by atoms with Crippen molar-refractivity contribution in [2.24, 2.45) is 0 Å². The monoisotopic (exact) mass is 202 g/mol. The number of ether oxygens (including phenoxy) is 1. The van der Waals surface area contributed by atoms with Crippen molar-refractivity contribution < 1.29 is 14.7 Å². The second-order valence-corrected chi connectivity index (χ2v) is 3.01. The van der Waals surface area contributed by atoms with E-state index in [1.165, 1.54) is 5.48 Å². The van der Waals surface area contributed by atoms with Crippen LogP contribution in [-0.2, 0) is 9.53 Å². The minimum atomic E-state index is -0.494. The highest BCUT2D eigenvalue weighted by atomic mass is 16.5. The lowest BCUT2D eigenvalue weighted by Gasteiger charge is -2.05. The highest BCUT2D eigenvalue weighted by Crippen LogP contribution is 1.98. The van der Waals surface area contributed by atoms with Gasteiger partial charge in [-0.25, -0.2) is 5.48 Å². The third-order valence-electron chi connectivity index (χ3n) is 1.73. The molecule has 0 bridgehead atoms. The van der Waals surface area contributed by atoms with E-state index in [1.807, 2.05) is 0 Å². The van der Waals surface area contributed by atoms with Gasteiger partial charge in [-0.1, -0.05) is 19.8 Å². The Bertz CT molecular complexity index is 183. The fraction of sp³-hybridized carbons (Fsp3) is 0.778. The van der Waals surface area contributed by atoms with Gasteiger partial charge < -0.3 is 4.74 Å². The molecule has 0 fully saturated rings. The molecule has 14 heavy (non-hydrogen) atoms. The minimum Gasteiger partial charge on any atom is -0.481 e. The first-order valence-electron chi connectivity index (χ1n) is 4.83. The van der Waals surface area contributed by atoms with Gasteiger partial charge in [-0.3, -0.25) is 15.4 Å². The molecule has 0 aromatic heterocycles. The fourth-order valence-corrected chi connectivity index (χ4v) is 0.903. The van der Waals surface area contributed by atoms with E-state index in [2.05, 4.69) is 6.92 Å². The standard InChI is InChI=1S/C9H18N2O3/c1-2-3-4-7-14-8(10)5-6-9(12)11-13/h10,13H,2-7H2,1H3,(H,11,12). The van der Waals surface area contributed by atoms with Crippen LogP contribution in [0.3, 0.4) is 0 Å². The summed E-state index contributed by atoms with van der Waals surface area (Å²) >= 11 is 0. The Balaban J connectivity index is 3.32. The molecule has 5 heteroatoms. The van der Waals surface area contributed by atoms with Crippen molar-refractivity contribution in [3.8, 4) is 0 Å². The van der Waals surface area contributed by atoms with Crippen molar-refractivity contribution in [2.75, 3.05) is 6.61 Å². The lowest BCUT2D eigenvalue weighted by molar-refractivity contribution is -0.129. The Morgan fingerprint density at radius 2 is 2.14 bits per heavy atom. The third-order valence-corrected chi connectivity index (χ3v) is 1.73. The molecule has 3 N–H and O–H groups in total. The summed E-state index contributed by atoms with van der Waals surface area (Å²) in [5.74, 6) is -0.392. The van der Waals surface area contributed by atoms with Crippen molar-refractivity contribution >= 4 is 11.8 Å². The molecule has 0 aromatic carbocycles. The van der Waals surface area contributed by atoms with Gasteiger partial charge in [0.05, 0.1) is 6.61 Å². The molecule has 5 nitrogen and oxygen atoms in total. The third kappa shape index (κ3) is 7.54. The Hall–Kier alpha value is -1.10. The minimum absolute atomic E-state index is 0.0864. The lowest BCUT2D eigenvalue weighted by Crippen LogP contribution is -2.19. The second kappa shape index (κ2) is 8.50. The number of amides is 1. The molecule has 1 amide bonds. The van der Waals surface area contributed by atoms with Crippen LogP contribution in [0.15, 0.2) is 0 Å². The molecule has 0 aliphatic heterocycles. The zero-order chi connectivity index (χ0) is 10.8. The fourth-order valence-electron chi connectivity index (χ4n) is 0.903. The summed E-state index contributed by atoms with van der Waals surface area (Å²) < 4.78 is 5.06. The number of hydrogen-bond donors (Lipinski definition) is 3. The van der Waals surface area contributed by atoms with Gasteiger partial charge in [0.2, 0.25) is 5.91 Å². The molecule has 0 saturated carbocycles. The van der Waals surface area contributed by atoms with Crippen molar-refractivity contribution in [3.05, 3.63) is 0 Å². The number of carbonyl (C=O) groups is 1. The highest BCUT2D eigenvalue weighted by Gasteiger charge is 2.03. The number of hydrogen-bond acceptors (Lipinski definition) is 4. The molecule has 82 valence electrons. The first-order chi connectivity index (χ1) is 6.70. The number of hydroxylamine groups is 1.